The van der Waals surface area contributed by atoms with E-state index < -0.39 is 0 Å². The minimum atomic E-state index is -0.322. The van der Waals surface area contributed by atoms with Crippen LogP contribution in [0.5, 0.6) is 11.5 Å². The Kier molecular flexibility index (Phi) is 4.36. The Morgan fingerprint density at radius 3 is 2.92 bits per heavy atom. The molecule has 2 aromatic rings. The molecule has 1 aliphatic heterocycles. The molecule has 0 radical (unpaired) electrons. The highest BCUT2D eigenvalue weighted by Crippen LogP contribution is 2.34. The lowest BCUT2D eigenvalue weighted by Gasteiger charge is -2.22. The van der Waals surface area contributed by atoms with Crippen LogP contribution >= 0.6 is 0 Å². The average Bonchev–Trinajstić information content (AvgIpc) is 3.29. The smallest absolute Gasteiger partial charge is 0.319 e. The average molecular weight is 344 g/mol. The molecule has 0 bridgehead atoms. The van der Waals surface area contributed by atoms with Crippen molar-refractivity contribution in [2.24, 2.45) is 0 Å². The van der Waals surface area contributed by atoms with Gasteiger partial charge in [-0.1, -0.05) is 19.3 Å². The van der Waals surface area contributed by atoms with Crippen LogP contribution in [0.4, 0.5) is 10.5 Å². The number of tetrazole rings is 1. The summed E-state index contributed by atoms with van der Waals surface area (Å²) in [6.07, 6.45) is 5.83. The van der Waals surface area contributed by atoms with Crippen molar-refractivity contribution in [1.82, 2.24) is 25.5 Å². The molecule has 132 valence electrons. The normalized spacial score (nSPS) is 16.6. The topological polar surface area (TPSA) is 103 Å². The summed E-state index contributed by atoms with van der Waals surface area (Å²) in [6.45, 7) is 0.481. The van der Waals surface area contributed by atoms with Crippen LogP contribution in [0, 0.1) is 0 Å². The summed E-state index contributed by atoms with van der Waals surface area (Å²) in [5, 5.41) is 17.5. The fourth-order valence-corrected chi connectivity index (χ4v) is 3.25. The molecule has 9 nitrogen and oxygen atoms in total. The maximum atomic E-state index is 12.1. The van der Waals surface area contributed by atoms with Crippen molar-refractivity contribution < 1.29 is 14.3 Å². The summed E-state index contributed by atoms with van der Waals surface area (Å²) < 4.78 is 12.4. The van der Waals surface area contributed by atoms with Crippen molar-refractivity contribution in [2.75, 3.05) is 12.1 Å². The van der Waals surface area contributed by atoms with Gasteiger partial charge in [0.2, 0.25) is 6.79 Å². The number of hydrogen-bond donors (Lipinski definition) is 2. The van der Waals surface area contributed by atoms with E-state index in [-0.39, 0.29) is 19.4 Å². The number of amides is 2. The van der Waals surface area contributed by atoms with Gasteiger partial charge in [-0.3, -0.25) is 0 Å². The van der Waals surface area contributed by atoms with Crippen molar-refractivity contribution >= 4 is 11.7 Å². The molecular weight excluding hydrogens is 324 g/mol. The number of aromatic nitrogens is 4. The van der Waals surface area contributed by atoms with Gasteiger partial charge in [0, 0.05) is 11.8 Å². The zero-order valence-corrected chi connectivity index (χ0v) is 13.8. The van der Waals surface area contributed by atoms with Crippen LogP contribution in [0.3, 0.4) is 0 Å². The molecule has 1 fully saturated rings. The summed E-state index contributed by atoms with van der Waals surface area (Å²) in [6, 6.07) is 5.27. The van der Waals surface area contributed by atoms with Gasteiger partial charge >= 0.3 is 6.03 Å². The number of carbonyl (C=O) groups excluding carboxylic acids is 1. The number of hydrogen-bond acceptors (Lipinski definition) is 6. The van der Waals surface area contributed by atoms with Crippen molar-refractivity contribution in [3.8, 4) is 11.5 Å². The van der Waals surface area contributed by atoms with Crippen LogP contribution in [0.25, 0.3) is 0 Å². The van der Waals surface area contributed by atoms with E-state index in [2.05, 4.69) is 26.2 Å². The number of nitrogens with zero attached hydrogens (tertiary/aromatic N) is 4. The summed E-state index contributed by atoms with van der Waals surface area (Å²) in [7, 11) is 0. The Labute approximate surface area is 144 Å². The van der Waals surface area contributed by atoms with Crippen LogP contribution in [-0.2, 0) is 6.54 Å². The zero-order chi connectivity index (χ0) is 17.1. The molecule has 2 aliphatic rings. The highest BCUT2D eigenvalue weighted by atomic mass is 16.7. The fraction of sp³-hybridized carbons (Fsp3) is 0.500. The van der Waals surface area contributed by atoms with E-state index in [4.69, 9.17) is 9.47 Å². The number of rotatable bonds is 4. The van der Waals surface area contributed by atoms with Gasteiger partial charge in [0.15, 0.2) is 17.3 Å². The first-order valence-corrected chi connectivity index (χ1v) is 8.51. The number of anilines is 1. The van der Waals surface area contributed by atoms with Crippen LogP contribution in [0.15, 0.2) is 18.2 Å². The van der Waals surface area contributed by atoms with Crippen molar-refractivity contribution in [3.05, 3.63) is 24.0 Å². The molecule has 0 atom stereocenters. The third-order valence-electron chi connectivity index (χ3n) is 4.52. The summed E-state index contributed by atoms with van der Waals surface area (Å²) in [5.41, 5.74) is 0.633. The molecule has 0 spiro atoms. The molecule has 9 heteroatoms. The second kappa shape index (κ2) is 6.96. The molecule has 2 heterocycles. The highest BCUT2D eigenvalue weighted by Gasteiger charge is 2.20. The minimum absolute atomic E-state index is 0.203. The summed E-state index contributed by atoms with van der Waals surface area (Å²) >= 11 is 0. The van der Waals surface area contributed by atoms with Crippen molar-refractivity contribution in [2.45, 2.75) is 44.7 Å². The quantitative estimate of drug-likeness (QED) is 0.881. The molecule has 1 aromatic carbocycles. The Bertz CT molecular complexity index is 756. The lowest BCUT2D eigenvalue weighted by Crippen LogP contribution is -2.30. The highest BCUT2D eigenvalue weighted by molar-refractivity contribution is 5.89. The third kappa shape index (κ3) is 3.49. The molecule has 25 heavy (non-hydrogen) atoms. The van der Waals surface area contributed by atoms with Crippen LogP contribution < -0.4 is 20.1 Å². The largest absolute Gasteiger partial charge is 0.454 e. The third-order valence-corrected chi connectivity index (χ3v) is 4.52. The molecule has 1 saturated carbocycles. The standard InChI is InChI=1S/C16H20N6O3/c23-16(18-11-6-7-13-14(8-11)25-10-24-13)17-9-15-19-20-21-22(15)12-4-2-1-3-5-12/h6-8,12H,1-5,9-10H2,(H2,17,18,23). The van der Waals surface area contributed by atoms with E-state index in [0.29, 0.717) is 29.1 Å². The van der Waals surface area contributed by atoms with Gasteiger partial charge in [-0.2, -0.15) is 0 Å². The molecule has 0 unspecified atom stereocenters. The predicted molar refractivity (Wildman–Crippen MR) is 88.4 cm³/mol. The molecule has 4 rings (SSSR count). The fourth-order valence-electron chi connectivity index (χ4n) is 3.25. The van der Waals surface area contributed by atoms with E-state index in [1.807, 2.05) is 4.68 Å². The number of urea groups is 1. The van der Waals surface area contributed by atoms with Gasteiger partial charge in [0.05, 0.1) is 12.6 Å². The van der Waals surface area contributed by atoms with E-state index >= 15 is 0 Å². The van der Waals surface area contributed by atoms with Gasteiger partial charge < -0.3 is 20.1 Å². The first-order chi connectivity index (χ1) is 12.3. The van der Waals surface area contributed by atoms with Crippen molar-refractivity contribution in [1.29, 1.82) is 0 Å². The maximum absolute atomic E-state index is 12.1. The van der Waals surface area contributed by atoms with Gasteiger partial charge in [-0.15, -0.1) is 5.10 Å². The van der Waals surface area contributed by atoms with E-state index in [9.17, 15) is 4.79 Å². The van der Waals surface area contributed by atoms with E-state index in [1.54, 1.807) is 18.2 Å². The van der Waals surface area contributed by atoms with Crippen LogP contribution in [0.1, 0.15) is 44.0 Å². The number of nitrogens with one attached hydrogen (secondary N) is 2. The van der Waals surface area contributed by atoms with Gasteiger partial charge in [0.1, 0.15) is 0 Å². The molecular formula is C16H20N6O3. The number of fused-ring (bicyclic) bond motifs is 1. The second-order valence-corrected chi connectivity index (χ2v) is 6.21. The van der Waals surface area contributed by atoms with Crippen molar-refractivity contribution in [3.63, 3.8) is 0 Å². The number of carbonyl (C=O) groups is 1. The lowest BCUT2D eigenvalue weighted by molar-refractivity contribution is 0.174. The predicted octanol–water partition coefficient (Wildman–Crippen LogP) is 2.23. The summed E-state index contributed by atoms with van der Waals surface area (Å²) in [5.74, 6) is 1.98. The Morgan fingerprint density at radius 2 is 2.04 bits per heavy atom. The van der Waals surface area contributed by atoms with Crippen LogP contribution in [0.2, 0.25) is 0 Å². The molecule has 2 N–H and O–H groups in total. The van der Waals surface area contributed by atoms with Gasteiger partial charge in [-0.25, -0.2) is 9.48 Å². The monoisotopic (exact) mass is 344 g/mol. The Hall–Kier alpha value is -2.84. The van der Waals surface area contributed by atoms with E-state index in [1.165, 1.54) is 19.3 Å². The molecule has 1 aliphatic carbocycles. The number of ether oxygens (including phenoxy) is 2. The van der Waals surface area contributed by atoms with Gasteiger partial charge in [0.25, 0.3) is 0 Å². The van der Waals surface area contributed by atoms with Crippen LogP contribution in [-0.4, -0.2) is 33.0 Å². The Morgan fingerprint density at radius 1 is 1.20 bits per heavy atom. The molecule has 1 aromatic heterocycles. The Balaban J connectivity index is 1.34. The number of benzene rings is 1. The zero-order valence-electron chi connectivity index (χ0n) is 13.8. The molecule has 0 saturated heterocycles. The first-order valence-electron chi connectivity index (χ1n) is 8.51. The summed E-state index contributed by atoms with van der Waals surface area (Å²) in [4.78, 5) is 12.1. The van der Waals surface area contributed by atoms with Gasteiger partial charge in [-0.05, 0) is 35.4 Å². The first kappa shape index (κ1) is 15.7. The van der Waals surface area contributed by atoms with E-state index in [0.717, 1.165) is 12.8 Å². The lowest BCUT2D eigenvalue weighted by atomic mass is 9.96. The maximum Gasteiger partial charge on any atom is 0.319 e. The SMILES string of the molecule is O=C(NCc1nnnn1C1CCCCC1)Nc1ccc2c(c1)OCO2. The molecule has 2 amide bonds. The minimum Gasteiger partial charge on any atom is -0.454 e. The second-order valence-electron chi connectivity index (χ2n) is 6.21.